The van der Waals surface area contributed by atoms with Crippen LogP contribution in [0.3, 0.4) is 0 Å². The highest BCUT2D eigenvalue weighted by Gasteiger charge is 2.35. The summed E-state index contributed by atoms with van der Waals surface area (Å²) in [4.78, 5) is 51.0. The quantitative estimate of drug-likeness (QED) is 0.414. The number of amides is 3. The minimum Gasteiger partial charge on any atom is -0.465 e. The molecule has 3 N–H and O–H groups in total. The van der Waals surface area contributed by atoms with Gasteiger partial charge in [0.2, 0.25) is 17.7 Å². The first-order valence-corrected chi connectivity index (χ1v) is 12.2. The summed E-state index contributed by atoms with van der Waals surface area (Å²) in [6.45, 7) is 4.74. The van der Waals surface area contributed by atoms with Crippen LogP contribution in [0.5, 0.6) is 0 Å². The third-order valence-electron chi connectivity index (χ3n) is 5.68. The first kappa shape index (κ1) is 26.7. The lowest BCUT2D eigenvalue weighted by atomic mass is 10.1. The molecule has 1 fully saturated rings. The molecule has 1 aliphatic heterocycles. The van der Waals surface area contributed by atoms with Crippen molar-refractivity contribution >= 4 is 35.1 Å². The molecule has 0 aromatic heterocycles. The Morgan fingerprint density at radius 1 is 1.06 bits per heavy atom. The zero-order valence-corrected chi connectivity index (χ0v) is 20.8. The van der Waals surface area contributed by atoms with Gasteiger partial charge in [0, 0.05) is 30.9 Å². The summed E-state index contributed by atoms with van der Waals surface area (Å²) in [6, 6.07) is 16.0. The van der Waals surface area contributed by atoms with E-state index in [1.165, 1.54) is 4.90 Å². The molecule has 1 saturated heterocycles. The Kier molecular flexibility index (Phi) is 9.85. The molecule has 2 aromatic carbocycles. The fraction of sp³-hybridized carbons (Fsp3) is 0.407. The number of ether oxygens (including phenoxy) is 1. The normalized spacial score (nSPS) is 15.2. The van der Waals surface area contributed by atoms with E-state index in [4.69, 9.17) is 4.74 Å². The van der Waals surface area contributed by atoms with Gasteiger partial charge in [0.15, 0.2) is 0 Å². The number of hydrogen-bond acceptors (Lipinski definition) is 6. The van der Waals surface area contributed by atoms with Gasteiger partial charge in [-0.3, -0.25) is 19.2 Å². The molecule has 9 heteroatoms. The van der Waals surface area contributed by atoms with Gasteiger partial charge in [-0.05, 0) is 42.2 Å². The summed E-state index contributed by atoms with van der Waals surface area (Å²) in [5, 5.41) is 8.62. The zero-order chi connectivity index (χ0) is 25.9. The number of hydrogen-bond donors (Lipinski definition) is 3. The van der Waals surface area contributed by atoms with Crippen LogP contribution in [0.15, 0.2) is 54.6 Å². The number of esters is 1. The summed E-state index contributed by atoms with van der Waals surface area (Å²) in [5.74, 6) is -1.03. The Labute approximate surface area is 211 Å². The number of nitrogens with one attached hydrogen (secondary N) is 3. The maximum absolute atomic E-state index is 12.9. The van der Waals surface area contributed by atoms with Crippen molar-refractivity contribution in [1.29, 1.82) is 0 Å². The first-order valence-electron chi connectivity index (χ1n) is 12.2. The van der Waals surface area contributed by atoms with Crippen molar-refractivity contribution in [1.82, 2.24) is 10.2 Å². The summed E-state index contributed by atoms with van der Waals surface area (Å²) >= 11 is 0. The fourth-order valence-electron chi connectivity index (χ4n) is 3.77. The monoisotopic (exact) mass is 494 g/mol. The Bertz CT molecular complexity index is 1040. The molecular weight excluding hydrogens is 460 g/mol. The maximum atomic E-state index is 12.9. The lowest BCUT2D eigenvalue weighted by Gasteiger charge is -2.34. The van der Waals surface area contributed by atoms with Crippen molar-refractivity contribution in [3.63, 3.8) is 0 Å². The summed E-state index contributed by atoms with van der Waals surface area (Å²) in [5.41, 5.74) is 2.47. The molecule has 36 heavy (non-hydrogen) atoms. The van der Waals surface area contributed by atoms with Gasteiger partial charge in [-0.1, -0.05) is 44.2 Å². The molecule has 2 aromatic rings. The summed E-state index contributed by atoms with van der Waals surface area (Å²) in [7, 11) is 0. The molecule has 0 spiro atoms. The summed E-state index contributed by atoms with van der Waals surface area (Å²) < 4.78 is 5.19. The Morgan fingerprint density at radius 2 is 1.75 bits per heavy atom. The number of aryl methyl sites for hydroxylation is 1. The number of nitrogens with zero attached hydrogens (tertiary/aromatic N) is 1. The topological polar surface area (TPSA) is 117 Å². The van der Waals surface area contributed by atoms with Crippen LogP contribution in [0.25, 0.3) is 0 Å². The van der Waals surface area contributed by atoms with Crippen LogP contribution in [0, 0.1) is 5.92 Å². The number of piperazine rings is 1. The molecule has 3 amide bonds. The van der Waals surface area contributed by atoms with Gasteiger partial charge < -0.3 is 25.6 Å². The van der Waals surface area contributed by atoms with Crippen molar-refractivity contribution in [3.8, 4) is 0 Å². The number of benzene rings is 2. The third kappa shape index (κ3) is 8.41. The largest absolute Gasteiger partial charge is 0.465 e. The predicted molar refractivity (Wildman–Crippen MR) is 137 cm³/mol. The SMILES string of the molecule is CC(C)COC(=O)CC1C(=O)NCCN1C(=O)CNc1ccc(NC(=O)CCc2ccccc2)cc1. The Morgan fingerprint density at radius 3 is 2.44 bits per heavy atom. The van der Waals surface area contributed by atoms with Crippen LogP contribution in [0.4, 0.5) is 11.4 Å². The molecule has 192 valence electrons. The molecule has 0 bridgehead atoms. The lowest BCUT2D eigenvalue weighted by molar-refractivity contribution is -0.152. The van der Waals surface area contributed by atoms with Crippen LogP contribution >= 0.6 is 0 Å². The second-order valence-electron chi connectivity index (χ2n) is 9.14. The second kappa shape index (κ2) is 13.3. The lowest BCUT2D eigenvalue weighted by Crippen LogP contribution is -2.58. The number of carbonyl (C=O) groups excluding carboxylic acids is 4. The van der Waals surface area contributed by atoms with Crippen molar-refractivity contribution in [2.24, 2.45) is 5.92 Å². The van der Waals surface area contributed by atoms with E-state index < -0.39 is 12.0 Å². The summed E-state index contributed by atoms with van der Waals surface area (Å²) in [6.07, 6.45) is 0.871. The van der Waals surface area contributed by atoms with Gasteiger partial charge in [0.05, 0.1) is 19.6 Å². The average molecular weight is 495 g/mol. The smallest absolute Gasteiger partial charge is 0.308 e. The molecule has 1 atom stereocenters. The number of rotatable bonds is 11. The fourth-order valence-corrected chi connectivity index (χ4v) is 3.77. The molecule has 0 aliphatic carbocycles. The molecule has 9 nitrogen and oxygen atoms in total. The highest BCUT2D eigenvalue weighted by Crippen LogP contribution is 2.16. The number of carbonyl (C=O) groups is 4. The molecule has 0 radical (unpaired) electrons. The van der Waals surface area contributed by atoms with Gasteiger partial charge in [-0.25, -0.2) is 0 Å². The van der Waals surface area contributed by atoms with Crippen molar-refractivity contribution in [2.45, 2.75) is 39.2 Å². The second-order valence-corrected chi connectivity index (χ2v) is 9.14. The van der Waals surface area contributed by atoms with Gasteiger partial charge in [0.25, 0.3) is 0 Å². The van der Waals surface area contributed by atoms with E-state index in [9.17, 15) is 19.2 Å². The average Bonchev–Trinajstić information content (AvgIpc) is 2.87. The Hall–Kier alpha value is -3.88. The van der Waals surface area contributed by atoms with Crippen LogP contribution in [-0.2, 0) is 30.3 Å². The van der Waals surface area contributed by atoms with E-state index in [-0.39, 0.29) is 43.2 Å². The van der Waals surface area contributed by atoms with Crippen LogP contribution in [0.1, 0.15) is 32.3 Å². The first-order chi connectivity index (χ1) is 17.3. The van der Waals surface area contributed by atoms with Crippen molar-refractivity contribution < 1.29 is 23.9 Å². The van der Waals surface area contributed by atoms with Crippen LogP contribution < -0.4 is 16.0 Å². The Balaban J connectivity index is 1.47. The van der Waals surface area contributed by atoms with Crippen LogP contribution in [-0.4, -0.2) is 60.9 Å². The standard InChI is InChI=1S/C27H34N4O5/c1-19(2)18-36-26(34)16-23-27(35)28-14-15-31(23)25(33)17-29-21-9-11-22(12-10-21)30-24(32)13-8-20-6-4-3-5-7-20/h3-7,9-12,19,23,29H,8,13-18H2,1-2H3,(H,28,35)(H,30,32). The van der Waals surface area contributed by atoms with E-state index in [0.717, 1.165) is 5.56 Å². The molecule has 0 saturated carbocycles. The maximum Gasteiger partial charge on any atom is 0.308 e. The minimum atomic E-state index is -0.888. The molecular formula is C27H34N4O5. The van der Waals surface area contributed by atoms with Crippen LogP contribution in [0.2, 0.25) is 0 Å². The van der Waals surface area contributed by atoms with Crippen molar-refractivity contribution in [3.05, 3.63) is 60.2 Å². The molecule has 1 heterocycles. The van der Waals surface area contributed by atoms with Crippen molar-refractivity contribution in [2.75, 3.05) is 36.9 Å². The highest BCUT2D eigenvalue weighted by molar-refractivity contribution is 5.93. The molecule has 1 aliphatic rings. The molecule has 1 unspecified atom stereocenters. The molecule has 3 rings (SSSR count). The van der Waals surface area contributed by atoms with Gasteiger partial charge in [-0.2, -0.15) is 0 Å². The van der Waals surface area contributed by atoms with E-state index in [0.29, 0.717) is 37.3 Å². The van der Waals surface area contributed by atoms with E-state index >= 15 is 0 Å². The van der Waals surface area contributed by atoms with E-state index in [1.54, 1.807) is 24.3 Å². The van der Waals surface area contributed by atoms with E-state index in [1.807, 2.05) is 44.2 Å². The third-order valence-corrected chi connectivity index (χ3v) is 5.68. The van der Waals surface area contributed by atoms with Gasteiger partial charge in [0.1, 0.15) is 6.04 Å². The predicted octanol–water partition coefficient (Wildman–Crippen LogP) is 2.59. The zero-order valence-electron chi connectivity index (χ0n) is 20.8. The van der Waals surface area contributed by atoms with Gasteiger partial charge in [-0.15, -0.1) is 0 Å². The minimum absolute atomic E-state index is 0.0341. The highest BCUT2D eigenvalue weighted by atomic mass is 16.5. The van der Waals surface area contributed by atoms with E-state index in [2.05, 4.69) is 16.0 Å². The van der Waals surface area contributed by atoms with Gasteiger partial charge >= 0.3 is 5.97 Å². The number of anilines is 2.